The Morgan fingerprint density at radius 1 is 0.810 bits per heavy atom. The number of nitrogens with one attached hydrogen (secondary N) is 2. The van der Waals surface area contributed by atoms with Crippen LogP contribution in [0.5, 0.6) is 11.6 Å². The highest BCUT2D eigenvalue weighted by molar-refractivity contribution is 7.90. The lowest BCUT2D eigenvalue weighted by Crippen LogP contribution is -2.31. The van der Waals surface area contributed by atoms with Crippen molar-refractivity contribution in [3.05, 3.63) is 119 Å². The van der Waals surface area contributed by atoms with Gasteiger partial charge in [-0.05, 0) is 60.0 Å². The van der Waals surface area contributed by atoms with Crippen molar-refractivity contribution in [2.45, 2.75) is 17.9 Å². The summed E-state index contributed by atoms with van der Waals surface area (Å²) >= 11 is 0. The third kappa shape index (κ3) is 8.38. The second-order valence-electron chi connectivity index (χ2n) is 8.83. The molecule has 1 heterocycles. The van der Waals surface area contributed by atoms with Gasteiger partial charge in [-0.3, -0.25) is 9.59 Å². The molecule has 0 radical (unpaired) electrons. The molecule has 12 heteroatoms. The molecule has 11 nitrogen and oxygen atoms in total. The predicted molar refractivity (Wildman–Crippen MR) is 152 cm³/mol. The number of carbonyl (C=O) groups excluding carboxylic acids is 3. The number of benzene rings is 3. The summed E-state index contributed by atoms with van der Waals surface area (Å²) in [6.07, 6.45) is 0.658. The van der Waals surface area contributed by atoms with Gasteiger partial charge in [-0.15, -0.1) is 0 Å². The van der Waals surface area contributed by atoms with Gasteiger partial charge in [0, 0.05) is 24.4 Å². The highest BCUT2D eigenvalue weighted by atomic mass is 32.2. The van der Waals surface area contributed by atoms with E-state index in [1.807, 2.05) is 35.1 Å². The molecule has 0 saturated carbocycles. The Kier molecular flexibility index (Phi) is 9.85. The Bertz CT molecular complexity index is 1640. The molecule has 1 aromatic heterocycles. The summed E-state index contributed by atoms with van der Waals surface area (Å²) < 4.78 is 42.6. The van der Waals surface area contributed by atoms with Crippen molar-refractivity contribution in [2.24, 2.45) is 0 Å². The molecule has 216 valence electrons. The minimum absolute atomic E-state index is 0.00788. The number of hydrogen-bond donors (Lipinski definition) is 2. The molecular weight excluding hydrogens is 562 g/mol. The first-order valence-corrected chi connectivity index (χ1v) is 14.1. The molecule has 0 aliphatic heterocycles. The van der Waals surface area contributed by atoms with E-state index in [1.54, 1.807) is 31.4 Å². The van der Waals surface area contributed by atoms with Crippen molar-refractivity contribution >= 4 is 28.0 Å². The number of ether oxygens (including phenoxy) is 3. The number of amides is 2. The van der Waals surface area contributed by atoms with Gasteiger partial charge in [0.25, 0.3) is 21.8 Å². The molecule has 2 amide bonds. The second-order valence-corrected chi connectivity index (χ2v) is 10.5. The quantitative estimate of drug-likeness (QED) is 0.248. The van der Waals surface area contributed by atoms with Crippen molar-refractivity contribution < 1.29 is 37.0 Å². The van der Waals surface area contributed by atoms with Crippen LogP contribution in [0.4, 0.5) is 4.79 Å². The maximum absolute atomic E-state index is 12.7. The Labute approximate surface area is 242 Å². The maximum Gasteiger partial charge on any atom is 0.515 e. The normalized spacial score (nSPS) is 10.8. The van der Waals surface area contributed by atoms with E-state index < -0.39 is 22.1 Å². The molecule has 0 aliphatic carbocycles. The number of nitrogens with zero attached hydrogens (tertiary/aromatic N) is 1. The van der Waals surface area contributed by atoms with Crippen LogP contribution in [0.15, 0.2) is 102 Å². The number of rotatable bonds is 11. The van der Waals surface area contributed by atoms with E-state index in [-0.39, 0.29) is 34.4 Å². The average Bonchev–Trinajstić information content (AvgIpc) is 3.01. The Balaban J connectivity index is 1.27. The zero-order chi connectivity index (χ0) is 30.0. The zero-order valence-electron chi connectivity index (χ0n) is 22.5. The molecule has 3 aromatic carbocycles. The molecule has 0 spiro atoms. The van der Waals surface area contributed by atoms with Gasteiger partial charge in [-0.1, -0.05) is 42.5 Å². The topological polar surface area (TPSA) is 150 Å². The molecule has 0 bridgehead atoms. The van der Waals surface area contributed by atoms with E-state index in [9.17, 15) is 22.8 Å². The number of hydrogen-bond acceptors (Lipinski definition) is 9. The van der Waals surface area contributed by atoms with Crippen molar-refractivity contribution in [1.29, 1.82) is 0 Å². The largest absolute Gasteiger partial charge is 0.515 e. The molecule has 42 heavy (non-hydrogen) atoms. The fraction of sp³-hybridized carbons (Fsp3) is 0.133. The van der Waals surface area contributed by atoms with Gasteiger partial charge in [0.1, 0.15) is 12.4 Å². The van der Waals surface area contributed by atoms with Gasteiger partial charge in [-0.25, -0.2) is 22.9 Å². The molecule has 0 fully saturated rings. The van der Waals surface area contributed by atoms with E-state index in [2.05, 4.69) is 10.3 Å². The van der Waals surface area contributed by atoms with Crippen LogP contribution in [-0.4, -0.2) is 45.0 Å². The fourth-order valence-corrected chi connectivity index (χ4v) is 4.66. The molecule has 2 N–H and O–H groups in total. The van der Waals surface area contributed by atoms with Crippen LogP contribution in [-0.2, 0) is 27.8 Å². The number of carbonyl (C=O) groups is 3. The minimum Gasteiger partial charge on any atom is -0.497 e. The van der Waals surface area contributed by atoms with Gasteiger partial charge in [-0.2, -0.15) is 0 Å². The van der Waals surface area contributed by atoms with Crippen LogP contribution in [0, 0.1) is 0 Å². The minimum atomic E-state index is -4.25. The van der Waals surface area contributed by atoms with Gasteiger partial charge in [0.2, 0.25) is 5.88 Å². The Hall–Kier alpha value is -5.23. The first-order valence-electron chi connectivity index (χ1n) is 12.7. The van der Waals surface area contributed by atoms with E-state index in [1.165, 1.54) is 36.4 Å². The summed E-state index contributed by atoms with van der Waals surface area (Å²) in [4.78, 5) is 40.5. The first kappa shape index (κ1) is 29.7. The Morgan fingerprint density at radius 3 is 2.21 bits per heavy atom. The molecule has 0 unspecified atom stereocenters. The third-order valence-corrected chi connectivity index (χ3v) is 7.22. The van der Waals surface area contributed by atoms with Crippen LogP contribution in [0.25, 0.3) is 0 Å². The zero-order valence-corrected chi connectivity index (χ0v) is 23.3. The van der Waals surface area contributed by atoms with Crippen molar-refractivity contribution in [3.63, 3.8) is 0 Å². The summed E-state index contributed by atoms with van der Waals surface area (Å²) in [5.41, 5.74) is 1.93. The standard InChI is InChI=1S/C30H27N3O8S/c1-39-25-9-5-8-21(18-25)16-17-31-28(34)23-10-13-26(14-11-23)42(37,38)33-29(35)24-12-15-27(32-19-24)41-30(36)40-20-22-6-3-2-4-7-22/h2-15,18-19H,16-17,20H2,1H3,(H,31,34)(H,33,35). The lowest BCUT2D eigenvalue weighted by molar-refractivity contribution is 0.0910. The lowest BCUT2D eigenvalue weighted by Gasteiger charge is -2.09. The van der Waals surface area contributed by atoms with Crippen LogP contribution in [0.2, 0.25) is 0 Å². The predicted octanol–water partition coefficient (Wildman–Crippen LogP) is 3.90. The van der Waals surface area contributed by atoms with Gasteiger partial charge < -0.3 is 19.5 Å². The Morgan fingerprint density at radius 2 is 1.52 bits per heavy atom. The third-order valence-electron chi connectivity index (χ3n) is 5.87. The van der Waals surface area contributed by atoms with Gasteiger partial charge >= 0.3 is 6.16 Å². The maximum atomic E-state index is 12.7. The summed E-state index contributed by atoms with van der Waals surface area (Å²) in [5.74, 6) is -0.727. The fourth-order valence-electron chi connectivity index (χ4n) is 3.68. The van der Waals surface area contributed by atoms with Crippen molar-refractivity contribution in [3.8, 4) is 11.6 Å². The van der Waals surface area contributed by atoms with E-state index in [4.69, 9.17) is 14.2 Å². The summed E-state index contributed by atoms with van der Waals surface area (Å²) in [7, 11) is -2.67. The molecule has 4 aromatic rings. The van der Waals surface area contributed by atoms with E-state index in [0.717, 1.165) is 23.1 Å². The molecule has 0 aliphatic rings. The van der Waals surface area contributed by atoms with Crippen LogP contribution >= 0.6 is 0 Å². The SMILES string of the molecule is COc1cccc(CCNC(=O)c2ccc(S(=O)(=O)NC(=O)c3ccc(OC(=O)OCc4ccccc4)nc3)cc2)c1. The van der Waals surface area contributed by atoms with Crippen LogP contribution in [0.1, 0.15) is 31.8 Å². The van der Waals surface area contributed by atoms with Gasteiger partial charge in [0.05, 0.1) is 17.6 Å². The van der Waals surface area contributed by atoms with Crippen molar-refractivity contribution in [2.75, 3.05) is 13.7 Å². The van der Waals surface area contributed by atoms with Crippen LogP contribution in [0.3, 0.4) is 0 Å². The van der Waals surface area contributed by atoms with E-state index >= 15 is 0 Å². The number of methoxy groups -OCH3 is 1. The molecular formula is C30H27N3O8S. The lowest BCUT2D eigenvalue weighted by atomic mass is 10.1. The average molecular weight is 590 g/mol. The smallest absolute Gasteiger partial charge is 0.497 e. The molecule has 4 rings (SSSR count). The second kappa shape index (κ2) is 13.9. The van der Waals surface area contributed by atoms with Gasteiger partial charge in [0.15, 0.2) is 0 Å². The molecule has 0 atom stereocenters. The first-order chi connectivity index (χ1) is 20.2. The number of sulfonamides is 1. The summed E-state index contributed by atoms with van der Waals surface area (Å²) in [6.45, 7) is 0.378. The highest BCUT2D eigenvalue weighted by Gasteiger charge is 2.20. The van der Waals surface area contributed by atoms with E-state index in [0.29, 0.717) is 13.0 Å². The summed E-state index contributed by atoms with van der Waals surface area (Å²) in [5, 5.41) is 2.78. The number of aromatic nitrogens is 1. The number of pyridine rings is 1. The molecule has 0 saturated heterocycles. The van der Waals surface area contributed by atoms with Crippen LogP contribution < -0.4 is 19.5 Å². The highest BCUT2D eigenvalue weighted by Crippen LogP contribution is 2.15. The van der Waals surface area contributed by atoms with Crippen molar-refractivity contribution in [1.82, 2.24) is 15.0 Å². The monoisotopic (exact) mass is 589 g/mol. The summed E-state index contributed by atoms with van der Waals surface area (Å²) in [6, 6.07) is 24.1.